The molecule has 3 aliphatic rings. The standard InChI is InChI=1S/C28H31F3N6O4/c1-28(2,3)41-27(38)37-12-15-9-16(37)11-36(15)26-18(29)10-20-24(35-26)25(33-14-32-20)34-19-6-7-21(23(31)22(19)30)40-13-17-5-4-8-39-17/h6-7,10,14-17H,4-5,8-9,11-13H2,1-3H3,(H,32,33,34)/t15-,16-,17-/m0/s1. The van der Waals surface area contributed by atoms with E-state index in [0.717, 1.165) is 12.8 Å². The number of anilines is 3. The van der Waals surface area contributed by atoms with Crippen LogP contribution in [-0.2, 0) is 9.47 Å². The largest absolute Gasteiger partial charge is 0.488 e. The molecule has 2 aromatic heterocycles. The first kappa shape index (κ1) is 27.3. The molecule has 1 N–H and O–H groups in total. The Morgan fingerprint density at radius 3 is 2.68 bits per heavy atom. The van der Waals surface area contributed by atoms with Gasteiger partial charge in [0.1, 0.15) is 24.1 Å². The highest BCUT2D eigenvalue weighted by atomic mass is 19.2. The highest BCUT2D eigenvalue weighted by Crippen LogP contribution is 2.37. The SMILES string of the molecule is CC(C)(C)OC(=O)N1C[C@@H]2C[C@H]1CN2c1nc2c(Nc3ccc(OC[C@@H]4CCCO4)c(F)c3F)ncnc2cc1F. The molecular formula is C28H31F3N6O4. The Kier molecular flexibility index (Phi) is 7.00. The van der Waals surface area contributed by atoms with Gasteiger partial charge in [0.05, 0.1) is 29.4 Å². The summed E-state index contributed by atoms with van der Waals surface area (Å²) in [5.41, 5.74) is -0.420. The maximum atomic E-state index is 15.3. The van der Waals surface area contributed by atoms with E-state index in [-0.39, 0.29) is 58.9 Å². The average Bonchev–Trinajstić information content (AvgIpc) is 3.68. The number of nitrogens with zero attached hydrogens (tertiary/aromatic N) is 5. The summed E-state index contributed by atoms with van der Waals surface area (Å²) < 4.78 is 61.5. The lowest BCUT2D eigenvalue weighted by molar-refractivity contribution is 0.0214. The fourth-order valence-electron chi connectivity index (χ4n) is 5.54. The van der Waals surface area contributed by atoms with Gasteiger partial charge in [-0.1, -0.05) is 0 Å². The van der Waals surface area contributed by atoms with E-state index < -0.39 is 29.1 Å². The van der Waals surface area contributed by atoms with Crippen LogP contribution in [0.2, 0.25) is 0 Å². The van der Waals surface area contributed by atoms with E-state index in [4.69, 9.17) is 14.2 Å². The Morgan fingerprint density at radius 1 is 1.15 bits per heavy atom. The van der Waals surface area contributed by atoms with Gasteiger partial charge in [-0.15, -0.1) is 0 Å². The number of aromatic nitrogens is 3. The van der Waals surface area contributed by atoms with E-state index in [0.29, 0.717) is 26.1 Å². The van der Waals surface area contributed by atoms with E-state index in [9.17, 15) is 9.18 Å². The monoisotopic (exact) mass is 572 g/mol. The van der Waals surface area contributed by atoms with Crippen molar-refractivity contribution in [1.82, 2.24) is 19.9 Å². The van der Waals surface area contributed by atoms with Gasteiger partial charge >= 0.3 is 6.09 Å². The summed E-state index contributed by atoms with van der Waals surface area (Å²) in [6, 6.07) is 3.61. The van der Waals surface area contributed by atoms with Crippen molar-refractivity contribution in [1.29, 1.82) is 0 Å². The minimum absolute atomic E-state index is 0.0798. The Labute approximate surface area is 234 Å². The summed E-state index contributed by atoms with van der Waals surface area (Å²) >= 11 is 0. The summed E-state index contributed by atoms with van der Waals surface area (Å²) in [6.07, 6.45) is 3.02. The first-order valence-corrected chi connectivity index (χ1v) is 13.6. The Balaban J connectivity index is 1.22. The number of fused-ring (bicyclic) bond motifs is 3. The molecule has 3 aromatic rings. The number of carbonyl (C=O) groups is 1. The minimum atomic E-state index is -1.15. The van der Waals surface area contributed by atoms with Crippen molar-refractivity contribution in [2.24, 2.45) is 0 Å². The fourth-order valence-corrected chi connectivity index (χ4v) is 5.54. The molecule has 218 valence electrons. The van der Waals surface area contributed by atoms with Gasteiger partial charge in [-0.25, -0.2) is 28.5 Å². The number of halogens is 3. The fraction of sp³-hybridized carbons (Fsp3) is 0.500. The topological polar surface area (TPSA) is 102 Å². The third-order valence-electron chi connectivity index (χ3n) is 7.43. The number of carbonyl (C=O) groups excluding carboxylic acids is 1. The number of amides is 1. The molecule has 0 saturated carbocycles. The second kappa shape index (κ2) is 10.5. The van der Waals surface area contributed by atoms with Crippen molar-refractivity contribution < 1.29 is 32.2 Å². The van der Waals surface area contributed by atoms with Crippen LogP contribution in [-0.4, -0.2) is 76.0 Å². The lowest BCUT2D eigenvalue weighted by Gasteiger charge is -2.35. The Morgan fingerprint density at radius 2 is 1.98 bits per heavy atom. The number of rotatable bonds is 6. The maximum Gasteiger partial charge on any atom is 0.410 e. The zero-order valence-electron chi connectivity index (χ0n) is 23.0. The molecule has 13 heteroatoms. The average molecular weight is 573 g/mol. The summed E-state index contributed by atoms with van der Waals surface area (Å²) in [4.78, 5) is 28.9. The van der Waals surface area contributed by atoms with Gasteiger partial charge < -0.3 is 29.3 Å². The van der Waals surface area contributed by atoms with Crippen molar-refractivity contribution in [2.75, 3.05) is 36.5 Å². The van der Waals surface area contributed by atoms with E-state index in [1.165, 1.54) is 24.5 Å². The van der Waals surface area contributed by atoms with Crippen LogP contribution in [0.1, 0.15) is 40.0 Å². The van der Waals surface area contributed by atoms with Gasteiger partial charge in [0.15, 0.2) is 29.0 Å². The second-order valence-corrected chi connectivity index (χ2v) is 11.5. The van der Waals surface area contributed by atoms with Gasteiger partial charge in [0, 0.05) is 25.8 Å². The van der Waals surface area contributed by atoms with E-state index in [1.807, 2.05) is 25.7 Å². The molecule has 1 aromatic carbocycles. The van der Waals surface area contributed by atoms with Gasteiger partial charge in [-0.3, -0.25) is 0 Å². The molecule has 10 nitrogen and oxygen atoms in total. The minimum Gasteiger partial charge on any atom is -0.488 e. The lowest BCUT2D eigenvalue weighted by Crippen LogP contribution is -2.50. The molecule has 2 bridgehead atoms. The predicted molar refractivity (Wildman–Crippen MR) is 144 cm³/mol. The molecule has 3 aliphatic heterocycles. The van der Waals surface area contributed by atoms with E-state index in [2.05, 4.69) is 20.3 Å². The Bertz CT molecular complexity index is 1480. The smallest absolute Gasteiger partial charge is 0.410 e. The normalized spacial score (nSPS) is 22.0. The van der Waals surface area contributed by atoms with Crippen LogP contribution >= 0.6 is 0 Å². The highest BCUT2D eigenvalue weighted by Gasteiger charge is 2.47. The Hall–Kier alpha value is -3.87. The van der Waals surface area contributed by atoms with Crippen LogP contribution in [0.4, 0.5) is 35.3 Å². The van der Waals surface area contributed by atoms with Crippen LogP contribution in [0.5, 0.6) is 5.75 Å². The quantitative estimate of drug-likeness (QED) is 0.440. The molecule has 0 aliphatic carbocycles. The maximum absolute atomic E-state index is 15.3. The molecule has 3 fully saturated rings. The zero-order chi connectivity index (χ0) is 28.9. The van der Waals surface area contributed by atoms with Gasteiger partial charge in [0.2, 0.25) is 5.82 Å². The molecular weight excluding hydrogens is 541 g/mol. The molecule has 3 saturated heterocycles. The molecule has 3 atom stereocenters. The number of hydrogen-bond acceptors (Lipinski definition) is 9. The number of piperazine rings is 1. The van der Waals surface area contributed by atoms with E-state index >= 15 is 8.78 Å². The van der Waals surface area contributed by atoms with Crippen molar-refractivity contribution in [2.45, 2.75) is 63.8 Å². The van der Waals surface area contributed by atoms with Crippen molar-refractivity contribution in [3.05, 3.63) is 42.0 Å². The van der Waals surface area contributed by atoms with Crippen molar-refractivity contribution in [3.8, 4) is 5.75 Å². The van der Waals surface area contributed by atoms with Gasteiger partial charge in [-0.05, 0) is 52.2 Å². The van der Waals surface area contributed by atoms with Crippen LogP contribution in [0.3, 0.4) is 0 Å². The molecule has 5 heterocycles. The highest BCUT2D eigenvalue weighted by molar-refractivity contribution is 5.88. The first-order chi connectivity index (χ1) is 19.6. The molecule has 1 amide bonds. The summed E-state index contributed by atoms with van der Waals surface area (Å²) in [6.45, 7) is 6.94. The van der Waals surface area contributed by atoms with Gasteiger partial charge in [-0.2, -0.15) is 4.39 Å². The van der Waals surface area contributed by atoms with Crippen LogP contribution in [0.15, 0.2) is 24.5 Å². The summed E-state index contributed by atoms with van der Waals surface area (Å²) in [5.74, 6) is -2.93. The number of ether oxygens (including phenoxy) is 3. The third-order valence-corrected chi connectivity index (χ3v) is 7.43. The number of likely N-dealkylation sites (tertiary alicyclic amines) is 1. The lowest BCUT2D eigenvalue weighted by atomic mass is 10.2. The number of hydrogen-bond donors (Lipinski definition) is 1. The number of benzene rings is 1. The molecule has 41 heavy (non-hydrogen) atoms. The summed E-state index contributed by atoms with van der Waals surface area (Å²) in [5, 5.41) is 2.78. The number of nitrogens with one attached hydrogen (secondary N) is 1. The predicted octanol–water partition coefficient (Wildman–Crippen LogP) is 4.94. The van der Waals surface area contributed by atoms with Gasteiger partial charge in [0.25, 0.3) is 0 Å². The van der Waals surface area contributed by atoms with E-state index in [1.54, 1.807) is 4.90 Å². The van der Waals surface area contributed by atoms with Crippen LogP contribution in [0.25, 0.3) is 11.0 Å². The molecule has 0 unspecified atom stereocenters. The zero-order valence-corrected chi connectivity index (χ0v) is 23.0. The van der Waals surface area contributed by atoms with Crippen LogP contribution < -0.4 is 15.0 Å². The second-order valence-electron chi connectivity index (χ2n) is 11.5. The van der Waals surface area contributed by atoms with Crippen molar-refractivity contribution in [3.63, 3.8) is 0 Å². The molecule has 0 radical (unpaired) electrons. The van der Waals surface area contributed by atoms with Crippen molar-refractivity contribution >= 4 is 34.4 Å². The molecule has 6 rings (SSSR count). The van der Waals surface area contributed by atoms with Crippen LogP contribution in [0, 0.1) is 17.5 Å². The molecule has 0 spiro atoms. The summed E-state index contributed by atoms with van der Waals surface area (Å²) in [7, 11) is 0. The third kappa shape index (κ3) is 5.42. The first-order valence-electron chi connectivity index (χ1n) is 13.6. The number of pyridine rings is 1.